The van der Waals surface area contributed by atoms with Gasteiger partial charge in [-0.25, -0.2) is 0 Å². The molecule has 3 aromatic rings. The van der Waals surface area contributed by atoms with Gasteiger partial charge in [0.1, 0.15) is 0 Å². The Morgan fingerprint density at radius 2 is 1.90 bits per heavy atom. The first kappa shape index (κ1) is 14.2. The van der Waals surface area contributed by atoms with E-state index in [1.54, 1.807) is 12.4 Å². The summed E-state index contributed by atoms with van der Waals surface area (Å²) >= 11 is 3.51. The van der Waals surface area contributed by atoms with Crippen LogP contribution in [-0.2, 0) is 0 Å². The molecule has 1 heterocycles. The molecule has 0 saturated heterocycles. The lowest BCUT2D eigenvalue weighted by Gasteiger charge is -2.18. The number of fused-ring (bicyclic) bond motifs is 1. The van der Waals surface area contributed by atoms with Gasteiger partial charge in [-0.2, -0.15) is 0 Å². The zero-order valence-electron chi connectivity index (χ0n) is 11.8. The van der Waals surface area contributed by atoms with E-state index in [0.717, 1.165) is 16.7 Å². The van der Waals surface area contributed by atoms with E-state index in [0.29, 0.717) is 0 Å². The van der Waals surface area contributed by atoms with Crippen LogP contribution in [0.25, 0.3) is 10.8 Å². The number of rotatable bonds is 4. The summed E-state index contributed by atoms with van der Waals surface area (Å²) in [5.41, 5.74) is 2.14. The number of benzene rings is 2. The molecular weight excluding hydrogens is 326 g/mol. The number of nitrogens with one attached hydrogen (secondary N) is 1. The maximum absolute atomic E-state index is 4.44. The normalized spacial score (nSPS) is 12.5. The summed E-state index contributed by atoms with van der Waals surface area (Å²) in [6, 6.07) is 12.9. The molecule has 0 bridgehead atoms. The zero-order chi connectivity index (χ0) is 14.7. The Balaban J connectivity index is 2.05. The second-order valence-electron chi connectivity index (χ2n) is 4.87. The molecular formula is C17H16BrN3. The van der Waals surface area contributed by atoms with Crippen molar-refractivity contribution in [3.05, 3.63) is 70.7 Å². The topological polar surface area (TPSA) is 37.8 Å². The highest BCUT2D eigenvalue weighted by Crippen LogP contribution is 2.26. The molecule has 0 spiro atoms. The fraction of sp³-hybridized carbons (Fsp3) is 0.176. The van der Waals surface area contributed by atoms with Crippen LogP contribution in [0.15, 0.2) is 59.5 Å². The first-order valence-electron chi connectivity index (χ1n) is 6.96. The first-order chi connectivity index (χ1) is 10.3. The van der Waals surface area contributed by atoms with E-state index in [2.05, 4.69) is 74.5 Å². The molecule has 1 N–H and O–H groups in total. The number of hydrogen-bond donors (Lipinski definition) is 1. The largest absolute Gasteiger partial charge is 0.305 e. The van der Waals surface area contributed by atoms with E-state index in [9.17, 15) is 0 Å². The van der Waals surface area contributed by atoms with Crippen LogP contribution in [0.3, 0.4) is 0 Å². The molecule has 0 aliphatic heterocycles. The van der Waals surface area contributed by atoms with Gasteiger partial charge in [0.05, 0.1) is 17.9 Å². The fourth-order valence-electron chi connectivity index (χ4n) is 2.47. The molecule has 21 heavy (non-hydrogen) atoms. The van der Waals surface area contributed by atoms with Gasteiger partial charge in [0.2, 0.25) is 0 Å². The Morgan fingerprint density at radius 3 is 2.67 bits per heavy atom. The van der Waals surface area contributed by atoms with E-state index < -0.39 is 0 Å². The summed E-state index contributed by atoms with van der Waals surface area (Å²) in [6.45, 7) is 2.97. The van der Waals surface area contributed by atoms with Gasteiger partial charge >= 0.3 is 0 Å². The van der Waals surface area contributed by atoms with E-state index in [-0.39, 0.29) is 6.04 Å². The van der Waals surface area contributed by atoms with Gasteiger partial charge in [0.25, 0.3) is 0 Å². The third-order valence-electron chi connectivity index (χ3n) is 3.45. The number of nitrogens with zero attached hydrogens (tertiary/aromatic N) is 2. The van der Waals surface area contributed by atoms with Gasteiger partial charge in [-0.1, -0.05) is 41.1 Å². The summed E-state index contributed by atoms with van der Waals surface area (Å²) in [6.07, 6.45) is 5.25. The number of aromatic nitrogens is 2. The summed E-state index contributed by atoms with van der Waals surface area (Å²) in [5, 5.41) is 5.93. The Morgan fingerprint density at radius 1 is 1.10 bits per heavy atom. The lowest BCUT2D eigenvalue weighted by molar-refractivity contribution is 0.613. The summed E-state index contributed by atoms with van der Waals surface area (Å²) in [4.78, 5) is 8.61. The quantitative estimate of drug-likeness (QED) is 0.776. The first-order valence-corrected chi connectivity index (χ1v) is 7.75. The highest BCUT2D eigenvalue weighted by atomic mass is 79.9. The zero-order valence-corrected chi connectivity index (χ0v) is 13.3. The smallest absolute Gasteiger partial charge is 0.0801 e. The minimum Gasteiger partial charge on any atom is -0.305 e. The van der Waals surface area contributed by atoms with Crippen molar-refractivity contribution in [3.8, 4) is 0 Å². The van der Waals surface area contributed by atoms with Crippen molar-refractivity contribution in [2.45, 2.75) is 13.0 Å². The van der Waals surface area contributed by atoms with Crippen LogP contribution in [0.4, 0.5) is 0 Å². The predicted octanol–water partition coefficient (Wildman–Crippen LogP) is 4.09. The molecule has 106 valence electrons. The van der Waals surface area contributed by atoms with Crippen LogP contribution in [0, 0.1) is 0 Å². The monoisotopic (exact) mass is 341 g/mol. The molecule has 0 saturated carbocycles. The van der Waals surface area contributed by atoms with Crippen molar-refractivity contribution in [1.82, 2.24) is 15.3 Å². The Bertz CT molecular complexity index is 743. The van der Waals surface area contributed by atoms with Gasteiger partial charge in [0.15, 0.2) is 0 Å². The third kappa shape index (κ3) is 3.12. The van der Waals surface area contributed by atoms with Crippen LogP contribution in [0.2, 0.25) is 0 Å². The van der Waals surface area contributed by atoms with Gasteiger partial charge in [-0.3, -0.25) is 9.97 Å². The molecule has 0 aliphatic carbocycles. The summed E-state index contributed by atoms with van der Waals surface area (Å²) in [7, 11) is 0. The molecule has 0 aliphatic rings. The molecule has 0 amide bonds. The Kier molecular flexibility index (Phi) is 4.27. The van der Waals surface area contributed by atoms with E-state index in [1.807, 2.05) is 6.20 Å². The molecule has 4 heteroatoms. The minimum absolute atomic E-state index is 0.0664. The third-order valence-corrected chi connectivity index (χ3v) is 3.94. The second kappa shape index (κ2) is 6.33. The van der Waals surface area contributed by atoms with Crippen molar-refractivity contribution < 1.29 is 0 Å². The van der Waals surface area contributed by atoms with E-state index >= 15 is 0 Å². The van der Waals surface area contributed by atoms with E-state index in [1.165, 1.54) is 16.3 Å². The van der Waals surface area contributed by atoms with E-state index in [4.69, 9.17) is 0 Å². The van der Waals surface area contributed by atoms with Crippen LogP contribution >= 0.6 is 15.9 Å². The molecule has 1 aromatic heterocycles. The standard InChI is InChI=1S/C17H16BrN3/c1-2-20-17(16-11-19-7-8-21-16)14-4-3-13-10-15(18)6-5-12(13)9-14/h3-11,17,20H,2H2,1H3. The van der Waals surface area contributed by atoms with Crippen molar-refractivity contribution >= 4 is 26.7 Å². The molecule has 1 atom stereocenters. The Labute approximate surface area is 132 Å². The summed E-state index contributed by atoms with van der Waals surface area (Å²) in [5.74, 6) is 0. The van der Waals surface area contributed by atoms with Crippen molar-refractivity contribution in [2.75, 3.05) is 6.54 Å². The van der Waals surface area contributed by atoms with Crippen LogP contribution in [-0.4, -0.2) is 16.5 Å². The maximum Gasteiger partial charge on any atom is 0.0801 e. The molecule has 3 rings (SSSR count). The minimum atomic E-state index is 0.0664. The highest BCUT2D eigenvalue weighted by molar-refractivity contribution is 9.10. The molecule has 1 unspecified atom stereocenters. The molecule has 3 nitrogen and oxygen atoms in total. The number of hydrogen-bond acceptors (Lipinski definition) is 3. The Hall–Kier alpha value is -1.78. The predicted molar refractivity (Wildman–Crippen MR) is 89.2 cm³/mol. The van der Waals surface area contributed by atoms with Crippen LogP contribution in [0.5, 0.6) is 0 Å². The molecule has 2 aromatic carbocycles. The van der Waals surface area contributed by atoms with Crippen LogP contribution in [0.1, 0.15) is 24.2 Å². The highest BCUT2D eigenvalue weighted by Gasteiger charge is 2.14. The number of halogens is 1. The van der Waals surface area contributed by atoms with Crippen molar-refractivity contribution in [3.63, 3.8) is 0 Å². The second-order valence-corrected chi connectivity index (χ2v) is 5.79. The molecule has 0 radical (unpaired) electrons. The van der Waals surface area contributed by atoms with Gasteiger partial charge in [-0.05, 0) is 41.1 Å². The average Bonchev–Trinajstić information content (AvgIpc) is 2.53. The fourth-order valence-corrected chi connectivity index (χ4v) is 2.85. The SMILES string of the molecule is CCNC(c1ccc2cc(Br)ccc2c1)c1cnccn1. The van der Waals surface area contributed by atoms with Gasteiger partial charge in [-0.15, -0.1) is 0 Å². The van der Waals surface area contributed by atoms with Crippen molar-refractivity contribution in [1.29, 1.82) is 0 Å². The maximum atomic E-state index is 4.44. The van der Waals surface area contributed by atoms with Gasteiger partial charge in [0, 0.05) is 16.9 Å². The lowest BCUT2D eigenvalue weighted by atomic mass is 10.00. The molecule has 0 fully saturated rings. The van der Waals surface area contributed by atoms with Crippen molar-refractivity contribution in [2.24, 2.45) is 0 Å². The van der Waals surface area contributed by atoms with Gasteiger partial charge < -0.3 is 5.32 Å². The lowest BCUT2D eigenvalue weighted by Crippen LogP contribution is -2.23. The summed E-state index contributed by atoms with van der Waals surface area (Å²) < 4.78 is 1.10. The van der Waals surface area contributed by atoms with Crippen LogP contribution < -0.4 is 5.32 Å². The average molecular weight is 342 g/mol.